The van der Waals surface area contributed by atoms with Gasteiger partial charge in [-0.15, -0.1) is 11.6 Å². The largest absolute Gasteiger partial charge is 0.463 e. The summed E-state index contributed by atoms with van der Waals surface area (Å²) in [5.74, 6) is 0.218. The van der Waals surface area contributed by atoms with Gasteiger partial charge < -0.3 is 9.64 Å². The molecule has 0 spiro atoms. The molecule has 0 radical (unpaired) electrons. The molecule has 0 bridgehead atoms. The fourth-order valence-electron chi connectivity index (χ4n) is 3.35. The van der Waals surface area contributed by atoms with E-state index in [1.165, 1.54) is 0 Å². The zero-order chi connectivity index (χ0) is 24.5. The van der Waals surface area contributed by atoms with Gasteiger partial charge in [-0.1, -0.05) is 57.2 Å². The summed E-state index contributed by atoms with van der Waals surface area (Å²) in [5.41, 5.74) is 3.19. The summed E-state index contributed by atoms with van der Waals surface area (Å²) in [4.78, 5) is 13.3. The highest BCUT2D eigenvalue weighted by atomic mass is 35.5. The van der Waals surface area contributed by atoms with Crippen molar-refractivity contribution in [3.63, 3.8) is 0 Å². The van der Waals surface area contributed by atoms with Gasteiger partial charge in [-0.2, -0.15) is 0 Å². The van der Waals surface area contributed by atoms with E-state index in [1.54, 1.807) is 0 Å². The number of carbonyl (C=O) groups excluding carboxylic acids is 1. The van der Waals surface area contributed by atoms with Crippen molar-refractivity contribution in [2.24, 2.45) is 0 Å². The third-order valence-electron chi connectivity index (χ3n) is 4.99. The third-order valence-corrected chi connectivity index (χ3v) is 6.95. The topological polar surface area (TPSA) is 49.9 Å². The van der Waals surface area contributed by atoms with Gasteiger partial charge in [0, 0.05) is 42.3 Å². The number of alkyl halides is 1. The van der Waals surface area contributed by atoms with Gasteiger partial charge in [-0.3, -0.25) is 4.79 Å². The molecule has 0 N–H and O–H groups in total. The fourth-order valence-corrected chi connectivity index (χ4v) is 4.64. The minimum atomic E-state index is -1.21. The van der Waals surface area contributed by atoms with Crippen LogP contribution < -0.4 is 4.90 Å². The Balaban J connectivity index is 0.00000121. The molecule has 5 nitrogen and oxygen atoms in total. The van der Waals surface area contributed by atoms with Gasteiger partial charge in [-0.05, 0) is 39.2 Å². The van der Waals surface area contributed by atoms with Crippen LogP contribution in [0.1, 0.15) is 58.1 Å². The number of anilines is 1. The molecule has 1 fully saturated rings. The first kappa shape index (κ1) is 30.4. The van der Waals surface area contributed by atoms with Crippen LogP contribution in [0.4, 0.5) is 5.69 Å². The van der Waals surface area contributed by atoms with E-state index in [0.29, 0.717) is 17.4 Å². The molecular weight excluding hydrogens is 444 g/mol. The number of aryl methyl sites for hydroxylation is 1. The monoisotopic (exact) mass is 484 g/mol. The third kappa shape index (κ3) is 10.3. The minimum absolute atomic E-state index is 0.218. The van der Waals surface area contributed by atoms with Crippen LogP contribution in [0, 0.1) is 6.92 Å². The molecule has 1 aliphatic rings. The first-order valence-corrected chi connectivity index (χ1v) is 12.9. The van der Waals surface area contributed by atoms with Gasteiger partial charge in [0.25, 0.3) is 6.47 Å². The fraction of sp³-hybridized carbons (Fsp3) is 0.560. The molecule has 32 heavy (non-hydrogen) atoms. The van der Waals surface area contributed by atoms with Gasteiger partial charge in [0.05, 0.1) is 5.88 Å². The van der Waals surface area contributed by atoms with Crippen molar-refractivity contribution in [1.29, 1.82) is 0 Å². The highest BCUT2D eigenvalue weighted by Crippen LogP contribution is 2.28. The van der Waals surface area contributed by atoms with Crippen molar-refractivity contribution in [3.05, 3.63) is 53.0 Å². The maximum atomic E-state index is 12.3. The Morgan fingerprint density at radius 3 is 2.44 bits per heavy atom. The number of hydrogen-bond donors (Lipinski definition) is 0. The number of rotatable bonds is 9. The molecule has 1 aromatic carbocycles. The molecule has 0 amide bonds. The molecule has 182 valence electrons. The molecule has 1 aliphatic heterocycles. The number of carbonyl (C=O) groups is 1. The molecule has 1 unspecified atom stereocenters. The molecular formula is C25H41ClN2O3S. The zero-order valence-corrected chi connectivity index (χ0v) is 22.2. The van der Waals surface area contributed by atoms with Gasteiger partial charge in [-0.25, -0.2) is 8.51 Å². The van der Waals surface area contributed by atoms with Gasteiger partial charge >= 0.3 is 0 Å². The predicted molar refractivity (Wildman–Crippen MR) is 139 cm³/mol. The van der Waals surface area contributed by atoms with E-state index < -0.39 is 11.0 Å². The van der Waals surface area contributed by atoms with E-state index in [4.69, 9.17) is 16.3 Å². The van der Waals surface area contributed by atoms with Crippen LogP contribution in [0.5, 0.6) is 0 Å². The van der Waals surface area contributed by atoms with Crippen molar-refractivity contribution in [2.45, 2.75) is 66.5 Å². The summed E-state index contributed by atoms with van der Waals surface area (Å²) < 4.78 is 19.2. The molecule has 1 heterocycles. The number of piperidine rings is 1. The maximum Gasteiger partial charge on any atom is 0.293 e. The minimum Gasteiger partial charge on any atom is -0.463 e. The van der Waals surface area contributed by atoms with Gasteiger partial charge in [0.1, 0.15) is 17.6 Å². The number of hydrogen-bond acceptors (Lipinski definition) is 4. The second-order valence-corrected chi connectivity index (χ2v) is 9.07. The second-order valence-electron chi connectivity index (χ2n) is 7.21. The number of ether oxygens (including phenoxy) is 1. The van der Waals surface area contributed by atoms with Crippen molar-refractivity contribution < 1.29 is 13.7 Å². The Hall–Kier alpha value is -1.63. The van der Waals surface area contributed by atoms with Crippen LogP contribution >= 0.6 is 11.6 Å². The molecule has 0 aliphatic carbocycles. The van der Waals surface area contributed by atoms with Crippen LogP contribution in [0.25, 0.3) is 0 Å². The zero-order valence-electron chi connectivity index (χ0n) is 20.6. The lowest BCUT2D eigenvalue weighted by molar-refractivity contribution is -0.129. The van der Waals surface area contributed by atoms with Crippen molar-refractivity contribution >= 4 is 34.7 Å². The summed E-state index contributed by atoms with van der Waals surface area (Å²) in [5, 5.41) is 0. The lowest BCUT2D eigenvalue weighted by atomic mass is 10.0. The normalized spacial score (nSPS) is 15.1. The molecule has 1 aromatic rings. The summed E-state index contributed by atoms with van der Waals surface area (Å²) in [6, 6.07) is 6.52. The molecule has 7 heteroatoms. The van der Waals surface area contributed by atoms with Gasteiger partial charge in [0.2, 0.25) is 0 Å². The Labute approximate surface area is 203 Å². The average molecular weight is 485 g/mol. The van der Waals surface area contributed by atoms with E-state index in [2.05, 4.69) is 49.7 Å². The summed E-state index contributed by atoms with van der Waals surface area (Å²) in [7, 11) is 0.853. The van der Waals surface area contributed by atoms with E-state index in [9.17, 15) is 9.00 Å². The summed E-state index contributed by atoms with van der Waals surface area (Å²) in [6.07, 6.45) is 7.15. The van der Waals surface area contributed by atoms with Crippen molar-refractivity contribution in [2.75, 3.05) is 30.9 Å². The van der Waals surface area contributed by atoms with E-state index in [-0.39, 0.29) is 12.5 Å². The summed E-state index contributed by atoms with van der Waals surface area (Å²) in [6.45, 7) is 16.2. The van der Waals surface area contributed by atoms with E-state index >= 15 is 0 Å². The highest BCUT2D eigenvalue weighted by Gasteiger charge is 2.27. The van der Waals surface area contributed by atoms with Crippen LogP contribution in [-0.2, 0) is 27.1 Å². The number of halogens is 1. The molecule has 0 saturated carbocycles. The highest BCUT2D eigenvalue weighted by molar-refractivity contribution is 7.86. The van der Waals surface area contributed by atoms with Crippen LogP contribution in [0.3, 0.4) is 0 Å². The second kappa shape index (κ2) is 17.9. The average Bonchev–Trinajstić information content (AvgIpc) is 2.83. The molecule has 2 rings (SSSR count). The van der Waals surface area contributed by atoms with Crippen molar-refractivity contribution in [1.82, 2.24) is 4.31 Å². The Kier molecular flexibility index (Phi) is 17.0. The van der Waals surface area contributed by atoms with Crippen LogP contribution in [-0.4, -0.2) is 47.0 Å². The SMILES string of the molecule is C/C=C\CC.C=C(CCl)S(=O)N1CCC(N(C)c2ccc(C)cc2COC=O)CC1.CC. The maximum absolute atomic E-state index is 12.3. The lowest BCUT2D eigenvalue weighted by Crippen LogP contribution is -2.44. The Morgan fingerprint density at radius 2 is 1.97 bits per heavy atom. The van der Waals surface area contributed by atoms with Crippen LogP contribution in [0.2, 0.25) is 0 Å². The number of nitrogens with zero attached hydrogens (tertiary/aromatic N) is 2. The van der Waals surface area contributed by atoms with E-state index in [1.807, 2.05) is 38.1 Å². The first-order valence-electron chi connectivity index (χ1n) is 11.3. The smallest absolute Gasteiger partial charge is 0.293 e. The Morgan fingerprint density at radius 1 is 1.34 bits per heavy atom. The molecule has 0 aromatic heterocycles. The van der Waals surface area contributed by atoms with Crippen molar-refractivity contribution in [3.8, 4) is 0 Å². The lowest BCUT2D eigenvalue weighted by Gasteiger charge is -2.38. The quantitative estimate of drug-likeness (QED) is 0.245. The Bertz CT molecular complexity index is 732. The first-order chi connectivity index (χ1) is 15.4. The number of allylic oxidation sites excluding steroid dienone is 3. The summed E-state index contributed by atoms with van der Waals surface area (Å²) >= 11 is 5.73. The van der Waals surface area contributed by atoms with Gasteiger partial charge in [0.15, 0.2) is 0 Å². The standard InChI is InChI=1S/C18H25ClN2O3S.C5H10.C2H6/c1-14-4-5-18(16(10-14)12-24-13-22)20(3)17-6-8-21(9-7-17)25(23)15(2)11-19;1-3-5-4-2;1-2/h4-5,10,13,17H,2,6-9,11-12H2,1,3H3;3,5H,4H2,1-2H3;1-2H3/b;5-3-;. The molecule has 1 atom stereocenters. The molecule has 1 saturated heterocycles. The van der Waals surface area contributed by atoms with Crippen LogP contribution in [0.15, 0.2) is 41.8 Å². The number of benzene rings is 1. The van der Waals surface area contributed by atoms with E-state index in [0.717, 1.165) is 49.2 Å². The predicted octanol–water partition coefficient (Wildman–Crippen LogP) is 5.98.